The molecule has 28 heavy (non-hydrogen) atoms. The van der Waals surface area contributed by atoms with Crippen LogP contribution in [0, 0.1) is 0 Å². The Labute approximate surface area is 165 Å². The zero-order valence-electron chi connectivity index (χ0n) is 16.0. The normalized spacial score (nSPS) is 18.9. The maximum atomic E-state index is 13.0. The summed E-state index contributed by atoms with van der Waals surface area (Å²) in [5, 5.41) is 0. The number of ether oxygens (including phenoxy) is 1. The lowest BCUT2D eigenvalue weighted by molar-refractivity contribution is -0.134. The molecular weight excluding hydrogens is 352 g/mol. The van der Waals surface area contributed by atoms with Crippen molar-refractivity contribution in [3.8, 4) is 5.75 Å². The number of carbonyl (C=O) groups is 2. The Kier molecular flexibility index (Phi) is 5.60. The average Bonchev–Trinajstić information content (AvgIpc) is 3.01. The zero-order chi connectivity index (χ0) is 19.3. The summed E-state index contributed by atoms with van der Waals surface area (Å²) in [5.74, 6) is 0.876. The molecule has 0 spiro atoms. The van der Waals surface area contributed by atoms with Crippen LogP contribution in [-0.4, -0.2) is 54.4 Å². The van der Waals surface area contributed by atoms with Gasteiger partial charge >= 0.3 is 0 Å². The van der Waals surface area contributed by atoms with Crippen LogP contribution in [0.3, 0.4) is 0 Å². The Balaban J connectivity index is 1.32. The Bertz CT molecular complexity index is 837. The Morgan fingerprint density at radius 3 is 2.46 bits per heavy atom. The molecule has 0 N–H and O–H groups in total. The van der Waals surface area contributed by atoms with Crippen molar-refractivity contribution in [3.05, 3.63) is 65.7 Å². The lowest BCUT2D eigenvalue weighted by Crippen LogP contribution is -2.39. The van der Waals surface area contributed by atoms with Gasteiger partial charge in [0.15, 0.2) is 0 Å². The maximum Gasteiger partial charge on any atom is 0.233 e. The summed E-state index contributed by atoms with van der Waals surface area (Å²) in [6.45, 7) is 3.02. The molecule has 5 nitrogen and oxygen atoms in total. The maximum absolute atomic E-state index is 13.0. The molecule has 0 saturated carbocycles. The fourth-order valence-corrected chi connectivity index (χ4v) is 4.03. The summed E-state index contributed by atoms with van der Waals surface area (Å²) < 4.78 is 5.68. The van der Waals surface area contributed by atoms with Crippen molar-refractivity contribution in [1.29, 1.82) is 0 Å². The van der Waals surface area contributed by atoms with Crippen LogP contribution in [0.2, 0.25) is 0 Å². The SMILES string of the molecule is O=C(CCc1ccccc1)N1CCCN(C(=O)C2COc3ccccc32)CC1. The van der Waals surface area contributed by atoms with Gasteiger partial charge in [-0.2, -0.15) is 0 Å². The lowest BCUT2D eigenvalue weighted by atomic mass is 10.00. The van der Waals surface area contributed by atoms with E-state index in [0.717, 1.165) is 30.7 Å². The Morgan fingerprint density at radius 1 is 0.893 bits per heavy atom. The summed E-state index contributed by atoms with van der Waals surface area (Å²) in [6, 6.07) is 17.9. The summed E-state index contributed by atoms with van der Waals surface area (Å²) in [5.41, 5.74) is 2.16. The molecule has 2 aliphatic rings. The van der Waals surface area contributed by atoms with E-state index < -0.39 is 0 Å². The number of aryl methyl sites for hydroxylation is 1. The number of hydrogen-bond donors (Lipinski definition) is 0. The molecule has 1 fully saturated rings. The molecule has 2 aromatic carbocycles. The first-order chi connectivity index (χ1) is 13.7. The van der Waals surface area contributed by atoms with Gasteiger partial charge in [-0.1, -0.05) is 48.5 Å². The number of nitrogens with zero attached hydrogens (tertiary/aromatic N) is 2. The van der Waals surface area contributed by atoms with Gasteiger partial charge < -0.3 is 14.5 Å². The van der Waals surface area contributed by atoms with Crippen LogP contribution in [0.5, 0.6) is 5.75 Å². The molecule has 0 radical (unpaired) electrons. The predicted molar refractivity (Wildman–Crippen MR) is 107 cm³/mol. The van der Waals surface area contributed by atoms with E-state index in [0.29, 0.717) is 32.7 Å². The fourth-order valence-electron chi connectivity index (χ4n) is 4.03. The number of carbonyl (C=O) groups excluding carboxylic acids is 2. The van der Waals surface area contributed by atoms with Gasteiger partial charge in [0.05, 0.1) is 0 Å². The minimum Gasteiger partial charge on any atom is -0.492 e. The first-order valence-corrected chi connectivity index (χ1v) is 10.0. The van der Waals surface area contributed by atoms with E-state index in [1.165, 1.54) is 5.56 Å². The molecule has 1 atom stereocenters. The lowest BCUT2D eigenvalue weighted by Gasteiger charge is -2.24. The molecule has 1 unspecified atom stereocenters. The molecule has 2 amide bonds. The highest BCUT2D eigenvalue weighted by Gasteiger charge is 2.34. The first kappa shape index (κ1) is 18.5. The monoisotopic (exact) mass is 378 g/mol. The van der Waals surface area contributed by atoms with Crippen molar-refractivity contribution in [2.24, 2.45) is 0 Å². The molecule has 146 valence electrons. The van der Waals surface area contributed by atoms with Gasteiger partial charge in [0.25, 0.3) is 0 Å². The van der Waals surface area contributed by atoms with E-state index in [1.54, 1.807) is 0 Å². The van der Waals surface area contributed by atoms with E-state index in [2.05, 4.69) is 12.1 Å². The molecule has 0 aliphatic carbocycles. The van der Waals surface area contributed by atoms with Gasteiger partial charge in [0, 0.05) is 38.2 Å². The van der Waals surface area contributed by atoms with Crippen molar-refractivity contribution < 1.29 is 14.3 Å². The number of amides is 2. The number of hydrogen-bond acceptors (Lipinski definition) is 3. The summed E-state index contributed by atoms with van der Waals surface area (Å²) in [6.07, 6.45) is 2.09. The van der Waals surface area contributed by atoms with Crippen molar-refractivity contribution >= 4 is 11.8 Å². The Hall–Kier alpha value is -2.82. The minimum atomic E-state index is -0.225. The van der Waals surface area contributed by atoms with Gasteiger partial charge in [-0.25, -0.2) is 0 Å². The average molecular weight is 378 g/mol. The third kappa shape index (κ3) is 4.03. The van der Waals surface area contributed by atoms with E-state index in [-0.39, 0.29) is 17.7 Å². The second kappa shape index (κ2) is 8.46. The standard InChI is InChI=1S/C23H26N2O3/c26-22(12-11-18-7-2-1-3-8-18)24-13-6-14-25(16-15-24)23(27)20-17-28-21-10-5-4-9-19(20)21/h1-5,7-10,20H,6,11-17H2. The number of fused-ring (bicyclic) bond motifs is 1. The largest absolute Gasteiger partial charge is 0.492 e. The summed E-state index contributed by atoms with van der Waals surface area (Å²) >= 11 is 0. The van der Waals surface area contributed by atoms with Gasteiger partial charge in [-0.05, 0) is 24.5 Å². The molecule has 0 aromatic heterocycles. The summed E-state index contributed by atoms with van der Waals surface area (Å²) in [4.78, 5) is 29.5. The summed E-state index contributed by atoms with van der Waals surface area (Å²) in [7, 11) is 0. The fraction of sp³-hybridized carbons (Fsp3) is 0.391. The van der Waals surface area contributed by atoms with E-state index in [1.807, 2.05) is 52.3 Å². The second-order valence-electron chi connectivity index (χ2n) is 7.45. The highest BCUT2D eigenvalue weighted by molar-refractivity contribution is 5.85. The van der Waals surface area contributed by atoms with Crippen LogP contribution < -0.4 is 4.74 Å². The number of rotatable bonds is 4. The first-order valence-electron chi connectivity index (χ1n) is 10.0. The van der Waals surface area contributed by atoms with Gasteiger partial charge in [0.2, 0.25) is 11.8 Å². The molecule has 4 rings (SSSR count). The molecule has 5 heteroatoms. The minimum absolute atomic E-state index is 0.114. The van der Waals surface area contributed by atoms with Crippen molar-refractivity contribution in [2.45, 2.75) is 25.2 Å². The molecular formula is C23H26N2O3. The smallest absolute Gasteiger partial charge is 0.233 e. The van der Waals surface area contributed by atoms with Gasteiger partial charge in [-0.15, -0.1) is 0 Å². The Morgan fingerprint density at radius 2 is 1.61 bits per heavy atom. The second-order valence-corrected chi connectivity index (χ2v) is 7.45. The van der Waals surface area contributed by atoms with Crippen LogP contribution in [0.25, 0.3) is 0 Å². The molecule has 2 aromatic rings. The van der Waals surface area contributed by atoms with Crippen LogP contribution in [0.15, 0.2) is 54.6 Å². The topological polar surface area (TPSA) is 49.9 Å². The van der Waals surface area contributed by atoms with Crippen LogP contribution in [-0.2, 0) is 16.0 Å². The quantitative estimate of drug-likeness (QED) is 0.822. The molecule has 2 heterocycles. The molecule has 0 bridgehead atoms. The highest BCUT2D eigenvalue weighted by Crippen LogP contribution is 2.34. The van der Waals surface area contributed by atoms with E-state index in [4.69, 9.17) is 4.74 Å². The van der Waals surface area contributed by atoms with Gasteiger partial charge in [-0.3, -0.25) is 9.59 Å². The van der Waals surface area contributed by atoms with Crippen LogP contribution >= 0.6 is 0 Å². The van der Waals surface area contributed by atoms with Crippen molar-refractivity contribution in [1.82, 2.24) is 9.80 Å². The zero-order valence-corrected chi connectivity index (χ0v) is 16.0. The third-order valence-corrected chi connectivity index (χ3v) is 5.63. The van der Waals surface area contributed by atoms with Gasteiger partial charge in [0.1, 0.15) is 18.3 Å². The van der Waals surface area contributed by atoms with Crippen molar-refractivity contribution in [2.75, 3.05) is 32.8 Å². The predicted octanol–water partition coefficient (Wildman–Crippen LogP) is 2.86. The number of para-hydroxylation sites is 1. The number of benzene rings is 2. The van der Waals surface area contributed by atoms with Crippen LogP contribution in [0.4, 0.5) is 0 Å². The highest BCUT2D eigenvalue weighted by atomic mass is 16.5. The van der Waals surface area contributed by atoms with Crippen molar-refractivity contribution in [3.63, 3.8) is 0 Å². The van der Waals surface area contributed by atoms with E-state index >= 15 is 0 Å². The molecule has 2 aliphatic heterocycles. The third-order valence-electron chi connectivity index (χ3n) is 5.63. The van der Waals surface area contributed by atoms with Crippen LogP contribution in [0.1, 0.15) is 29.9 Å². The molecule has 1 saturated heterocycles. The van der Waals surface area contributed by atoms with E-state index in [9.17, 15) is 9.59 Å².